The lowest BCUT2D eigenvalue weighted by Gasteiger charge is -2.35. The molecule has 1 aromatic heterocycles. The molecule has 6 heteroatoms. The summed E-state index contributed by atoms with van der Waals surface area (Å²) in [7, 11) is 2.04. The van der Waals surface area contributed by atoms with E-state index in [4.69, 9.17) is 0 Å². The first-order valence-electron chi connectivity index (χ1n) is 10.1. The molecule has 2 aliphatic heterocycles. The number of hydrazine groups is 1. The van der Waals surface area contributed by atoms with Crippen molar-refractivity contribution in [2.45, 2.75) is 18.5 Å². The molecule has 2 saturated heterocycles. The number of amides is 1. The molecule has 6 nitrogen and oxygen atoms in total. The molecule has 0 spiro atoms. The predicted molar refractivity (Wildman–Crippen MR) is 111 cm³/mol. The average molecular weight is 380 g/mol. The zero-order valence-electron chi connectivity index (χ0n) is 16.4. The average Bonchev–Trinajstić information content (AvgIpc) is 3.38. The van der Waals surface area contributed by atoms with E-state index in [0.29, 0.717) is 0 Å². The smallest absolute Gasteiger partial charge is 0.241 e. The molecule has 2 aliphatic rings. The third kappa shape index (κ3) is 4.35. The van der Waals surface area contributed by atoms with Gasteiger partial charge in [0.05, 0.1) is 6.04 Å². The van der Waals surface area contributed by atoms with E-state index in [0.717, 1.165) is 39.1 Å². The largest absolute Gasteiger partial charge is 0.353 e. The van der Waals surface area contributed by atoms with Crippen LogP contribution in [0.2, 0.25) is 0 Å². The van der Waals surface area contributed by atoms with Crippen LogP contribution in [0.5, 0.6) is 0 Å². The van der Waals surface area contributed by atoms with Crippen LogP contribution >= 0.6 is 0 Å². The summed E-state index contributed by atoms with van der Waals surface area (Å²) >= 11 is 0. The van der Waals surface area contributed by atoms with Gasteiger partial charge in [0, 0.05) is 51.7 Å². The highest BCUT2D eigenvalue weighted by Crippen LogP contribution is 2.23. The maximum atomic E-state index is 12.9. The van der Waals surface area contributed by atoms with Crippen molar-refractivity contribution in [3.8, 4) is 0 Å². The second-order valence-corrected chi connectivity index (χ2v) is 7.61. The first-order chi connectivity index (χ1) is 13.7. The number of benzene rings is 1. The highest BCUT2D eigenvalue weighted by atomic mass is 16.2. The molecule has 28 heavy (non-hydrogen) atoms. The SMILES string of the molecule is Cn1cccc1C1CC(C(=O)N2CCN(C/C=C/c3ccccc3)CC2)NN1. The maximum absolute atomic E-state index is 12.9. The molecule has 4 rings (SSSR count). The molecule has 2 fully saturated rings. The molecule has 1 aromatic carbocycles. The molecule has 3 heterocycles. The summed E-state index contributed by atoms with van der Waals surface area (Å²) in [4.78, 5) is 17.3. The van der Waals surface area contributed by atoms with Gasteiger partial charge in [-0.1, -0.05) is 42.5 Å². The molecular weight excluding hydrogens is 350 g/mol. The van der Waals surface area contributed by atoms with E-state index in [2.05, 4.69) is 62.8 Å². The number of rotatable bonds is 5. The summed E-state index contributed by atoms with van der Waals surface area (Å²) in [5.74, 6) is 0.212. The lowest BCUT2D eigenvalue weighted by molar-refractivity contribution is -0.134. The lowest BCUT2D eigenvalue weighted by Crippen LogP contribution is -2.53. The number of aryl methyl sites for hydroxylation is 1. The van der Waals surface area contributed by atoms with E-state index in [9.17, 15) is 4.79 Å². The molecule has 1 amide bonds. The Kier molecular flexibility index (Phi) is 5.90. The van der Waals surface area contributed by atoms with Crippen molar-refractivity contribution < 1.29 is 4.79 Å². The molecule has 0 saturated carbocycles. The van der Waals surface area contributed by atoms with Crippen molar-refractivity contribution in [3.05, 3.63) is 66.0 Å². The highest BCUT2D eigenvalue weighted by Gasteiger charge is 2.34. The molecular formula is C22H29N5O. The Hall–Kier alpha value is -2.41. The van der Waals surface area contributed by atoms with Crippen LogP contribution in [0.25, 0.3) is 6.08 Å². The van der Waals surface area contributed by atoms with Gasteiger partial charge in [0.2, 0.25) is 5.91 Å². The third-order valence-electron chi connectivity index (χ3n) is 5.70. The van der Waals surface area contributed by atoms with Crippen molar-refractivity contribution in [1.82, 2.24) is 25.2 Å². The lowest BCUT2D eigenvalue weighted by atomic mass is 10.1. The van der Waals surface area contributed by atoms with Crippen LogP contribution in [0.4, 0.5) is 0 Å². The fraction of sp³-hybridized carbons (Fsp3) is 0.409. The minimum absolute atomic E-state index is 0.149. The number of nitrogens with zero attached hydrogens (tertiary/aromatic N) is 3. The number of piperazine rings is 1. The molecule has 0 radical (unpaired) electrons. The van der Waals surface area contributed by atoms with Crippen LogP contribution in [0, 0.1) is 0 Å². The standard InChI is InChI=1S/C22H29N5O/c1-25-11-6-10-21(25)19-17-20(24-23-19)22(28)27-15-13-26(14-16-27)12-5-9-18-7-3-2-4-8-18/h2-11,19-20,23-24H,12-17H2,1H3/b9-5+. The zero-order valence-corrected chi connectivity index (χ0v) is 16.4. The number of hydrogen-bond acceptors (Lipinski definition) is 4. The number of carbonyl (C=O) groups excluding carboxylic acids is 1. The van der Waals surface area contributed by atoms with E-state index in [-0.39, 0.29) is 18.0 Å². The van der Waals surface area contributed by atoms with Gasteiger partial charge in [0.25, 0.3) is 0 Å². The molecule has 0 aliphatic carbocycles. The summed E-state index contributed by atoms with van der Waals surface area (Å²) in [6.45, 7) is 4.37. The van der Waals surface area contributed by atoms with E-state index in [1.807, 2.05) is 30.3 Å². The van der Waals surface area contributed by atoms with Gasteiger partial charge in [-0.3, -0.25) is 9.69 Å². The van der Waals surface area contributed by atoms with Gasteiger partial charge in [-0.25, -0.2) is 10.9 Å². The topological polar surface area (TPSA) is 52.5 Å². The van der Waals surface area contributed by atoms with Crippen molar-refractivity contribution in [2.75, 3.05) is 32.7 Å². The summed E-state index contributed by atoms with van der Waals surface area (Å²) in [6.07, 6.45) is 7.20. The minimum Gasteiger partial charge on any atom is -0.353 e. The van der Waals surface area contributed by atoms with E-state index >= 15 is 0 Å². The van der Waals surface area contributed by atoms with Gasteiger partial charge in [0.1, 0.15) is 6.04 Å². The number of nitrogens with one attached hydrogen (secondary N) is 2. The number of carbonyl (C=O) groups is 1. The van der Waals surface area contributed by atoms with E-state index in [1.165, 1.54) is 11.3 Å². The normalized spacial score (nSPS) is 23.5. The maximum Gasteiger partial charge on any atom is 0.241 e. The fourth-order valence-electron chi connectivity index (χ4n) is 4.02. The molecule has 2 aromatic rings. The Morgan fingerprint density at radius 2 is 1.86 bits per heavy atom. The van der Waals surface area contributed by atoms with Crippen LogP contribution in [-0.4, -0.2) is 59.0 Å². The van der Waals surface area contributed by atoms with Crippen LogP contribution in [-0.2, 0) is 11.8 Å². The van der Waals surface area contributed by atoms with Gasteiger partial charge in [-0.15, -0.1) is 0 Å². The monoisotopic (exact) mass is 379 g/mol. The van der Waals surface area contributed by atoms with Gasteiger partial charge in [0.15, 0.2) is 0 Å². The van der Waals surface area contributed by atoms with Gasteiger partial charge in [-0.2, -0.15) is 0 Å². The second kappa shape index (κ2) is 8.73. The second-order valence-electron chi connectivity index (χ2n) is 7.61. The summed E-state index contributed by atoms with van der Waals surface area (Å²) in [6, 6.07) is 14.5. The van der Waals surface area contributed by atoms with Crippen molar-refractivity contribution in [2.24, 2.45) is 7.05 Å². The number of aromatic nitrogens is 1. The Balaban J connectivity index is 1.23. The van der Waals surface area contributed by atoms with Gasteiger partial charge >= 0.3 is 0 Å². The summed E-state index contributed by atoms with van der Waals surface area (Å²) in [5.41, 5.74) is 8.92. The zero-order chi connectivity index (χ0) is 19.3. The first kappa shape index (κ1) is 18.9. The van der Waals surface area contributed by atoms with Gasteiger partial charge in [-0.05, 0) is 24.1 Å². The molecule has 2 N–H and O–H groups in total. The van der Waals surface area contributed by atoms with Crippen LogP contribution in [0.1, 0.15) is 23.7 Å². The Labute approximate surface area is 166 Å². The Morgan fingerprint density at radius 1 is 1.07 bits per heavy atom. The number of hydrogen-bond donors (Lipinski definition) is 2. The molecule has 148 valence electrons. The Morgan fingerprint density at radius 3 is 2.57 bits per heavy atom. The third-order valence-corrected chi connectivity index (χ3v) is 5.70. The van der Waals surface area contributed by atoms with Gasteiger partial charge < -0.3 is 9.47 Å². The summed E-state index contributed by atoms with van der Waals surface area (Å²) < 4.78 is 2.11. The highest BCUT2D eigenvalue weighted by molar-refractivity contribution is 5.82. The van der Waals surface area contributed by atoms with Crippen LogP contribution in [0.3, 0.4) is 0 Å². The van der Waals surface area contributed by atoms with Crippen molar-refractivity contribution in [1.29, 1.82) is 0 Å². The van der Waals surface area contributed by atoms with E-state index in [1.54, 1.807) is 0 Å². The Bertz CT molecular complexity index is 807. The van der Waals surface area contributed by atoms with E-state index < -0.39 is 0 Å². The van der Waals surface area contributed by atoms with Crippen molar-refractivity contribution in [3.63, 3.8) is 0 Å². The van der Waals surface area contributed by atoms with Crippen molar-refractivity contribution >= 4 is 12.0 Å². The molecule has 2 unspecified atom stereocenters. The quantitative estimate of drug-likeness (QED) is 0.832. The predicted octanol–water partition coefficient (Wildman–Crippen LogP) is 1.79. The minimum atomic E-state index is -0.149. The fourth-order valence-corrected chi connectivity index (χ4v) is 4.02. The van der Waals surface area contributed by atoms with Crippen LogP contribution in [0.15, 0.2) is 54.7 Å². The van der Waals surface area contributed by atoms with Crippen LogP contribution < -0.4 is 10.9 Å². The first-order valence-corrected chi connectivity index (χ1v) is 10.1. The molecule has 2 atom stereocenters. The molecule has 0 bridgehead atoms. The summed E-state index contributed by atoms with van der Waals surface area (Å²) in [5, 5.41) is 0.